The molecule has 0 N–H and O–H groups in total. The number of benzene rings is 3. The molecular formula is C24H20BrNO2. The third-order valence-corrected chi connectivity index (χ3v) is 4.62. The Hall–Kier alpha value is -3.03. The van der Waals surface area contributed by atoms with Gasteiger partial charge in [0.25, 0.3) is 0 Å². The summed E-state index contributed by atoms with van der Waals surface area (Å²) in [7, 11) is 0. The Labute approximate surface area is 174 Å². The fourth-order valence-electron chi connectivity index (χ4n) is 2.71. The van der Waals surface area contributed by atoms with Crippen molar-refractivity contribution in [3.8, 4) is 17.6 Å². The lowest BCUT2D eigenvalue weighted by molar-refractivity contribution is 0.269. The van der Waals surface area contributed by atoms with Crippen molar-refractivity contribution < 1.29 is 9.47 Å². The molecule has 0 bridgehead atoms. The monoisotopic (exact) mass is 433 g/mol. The van der Waals surface area contributed by atoms with Crippen LogP contribution >= 0.6 is 15.9 Å². The third kappa shape index (κ3) is 5.25. The first-order chi connectivity index (χ1) is 13.7. The van der Waals surface area contributed by atoms with E-state index in [9.17, 15) is 5.26 Å². The molecule has 0 aromatic heterocycles. The Kier molecular flexibility index (Phi) is 6.89. The second-order valence-electron chi connectivity index (χ2n) is 6.09. The summed E-state index contributed by atoms with van der Waals surface area (Å²) in [4.78, 5) is 0. The van der Waals surface area contributed by atoms with Crippen molar-refractivity contribution in [1.82, 2.24) is 0 Å². The van der Waals surface area contributed by atoms with Crippen LogP contribution in [0.1, 0.15) is 23.6 Å². The summed E-state index contributed by atoms with van der Waals surface area (Å²) < 4.78 is 12.8. The molecule has 0 aliphatic heterocycles. The Morgan fingerprint density at radius 2 is 1.71 bits per heavy atom. The first kappa shape index (κ1) is 19.7. The number of ether oxygens (including phenoxy) is 2. The fourth-order valence-corrected chi connectivity index (χ4v) is 2.97. The quantitative estimate of drug-likeness (QED) is 0.315. The van der Waals surface area contributed by atoms with Gasteiger partial charge in [-0.1, -0.05) is 64.5 Å². The highest BCUT2D eigenvalue weighted by Gasteiger charge is 2.08. The van der Waals surface area contributed by atoms with Gasteiger partial charge < -0.3 is 9.47 Å². The molecule has 3 rings (SSSR count). The predicted molar refractivity (Wildman–Crippen MR) is 116 cm³/mol. The smallest absolute Gasteiger partial charge is 0.161 e. The van der Waals surface area contributed by atoms with Crippen LogP contribution < -0.4 is 9.47 Å². The van der Waals surface area contributed by atoms with Crippen LogP contribution in [0.25, 0.3) is 11.6 Å². The number of hydrogen-bond acceptors (Lipinski definition) is 3. The molecule has 0 amide bonds. The minimum Gasteiger partial charge on any atom is -0.490 e. The second-order valence-corrected chi connectivity index (χ2v) is 7.01. The summed E-state index contributed by atoms with van der Waals surface area (Å²) in [6.07, 6.45) is 1.86. The second kappa shape index (κ2) is 9.77. The minimum atomic E-state index is 0.454. The van der Waals surface area contributed by atoms with Gasteiger partial charge in [-0.15, -0.1) is 0 Å². The van der Waals surface area contributed by atoms with Crippen LogP contribution in [-0.4, -0.2) is 6.61 Å². The molecule has 0 spiro atoms. The molecule has 28 heavy (non-hydrogen) atoms. The van der Waals surface area contributed by atoms with E-state index in [-0.39, 0.29) is 0 Å². The molecule has 0 unspecified atom stereocenters. The van der Waals surface area contributed by atoms with Crippen LogP contribution in [0.5, 0.6) is 11.5 Å². The van der Waals surface area contributed by atoms with Crippen molar-refractivity contribution in [2.45, 2.75) is 13.5 Å². The largest absolute Gasteiger partial charge is 0.490 e. The van der Waals surface area contributed by atoms with E-state index in [1.807, 2.05) is 85.8 Å². The van der Waals surface area contributed by atoms with Gasteiger partial charge in [0.15, 0.2) is 11.5 Å². The molecule has 0 fully saturated rings. The summed E-state index contributed by atoms with van der Waals surface area (Å²) in [5, 5.41) is 9.52. The number of nitrogens with zero attached hydrogens (tertiary/aromatic N) is 1. The third-order valence-electron chi connectivity index (χ3n) is 4.09. The fraction of sp³-hybridized carbons (Fsp3) is 0.125. The normalized spacial score (nSPS) is 11.0. The zero-order valence-electron chi connectivity index (χ0n) is 15.6. The van der Waals surface area contributed by atoms with Crippen LogP contribution in [0.3, 0.4) is 0 Å². The standard InChI is InChI=1S/C24H20BrNO2/c1-2-27-24-15-19(14-21(16-26)20-6-4-3-5-7-20)10-13-23(24)28-17-18-8-11-22(25)12-9-18/h3-15H,2,17H2,1H3/b21-14-. The van der Waals surface area contributed by atoms with Crippen LogP contribution in [0.2, 0.25) is 0 Å². The highest BCUT2D eigenvalue weighted by Crippen LogP contribution is 2.31. The highest BCUT2D eigenvalue weighted by molar-refractivity contribution is 9.10. The summed E-state index contributed by atoms with van der Waals surface area (Å²) >= 11 is 3.43. The molecule has 0 saturated carbocycles. The molecule has 3 aromatic rings. The van der Waals surface area contributed by atoms with Crippen molar-refractivity contribution in [2.24, 2.45) is 0 Å². The maximum atomic E-state index is 9.52. The van der Waals surface area contributed by atoms with Crippen LogP contribution in [0.4, 0.5) is 0 Å². The van der Waals surface area contributed by atoms with Crippen LogP contribution in [0, 0.1) is 11.3 Å². The van der Waals surface area contributed by atoms with Gasteiger partial charge >= 0.3 is 0 Å². The average Bonchev–Trinajstić information content (AvgIpc) is 2.73. The number of hydrogen-bond donors (Lipinski definition) is 0. The van der Waals surface area contributed by atoms with Crippen LogP contribution in [-0.2, 0) is 6.61 Å². The van der Waals surface area contributed by atoms with Crippen LogP contribution in [0.15, 0.2) is 77.3 Å². The van der Waals surface area contributed by atoms with Gasteiger partial charge in [-0.3, -0.25) is 0 Å². The average molecular weight is 434 g/mol. The first-order valence-electron chi connectivity index (χ1n) is 9.01. The molecule has 3 nitrogen and oxygen atoms in total. The van der Waals surface area contributed by atoms with Crippen molar-refractivity contribution in [2.75, 3.05) is 6.61 Å². The molecular weight excluding hydrogens is 414 g/mol. The molecule has 0 saturated heterocycles. The Balaban J connectivity index is 1.83. The van der Waals surface area contributed by atoms with Gasteiger partial charge in [0.2, 0.25) is 0 Å². The van der Waals surface area contributed by atoms with E-state index in [1.165, 1.54) is 0 Å². The Morgan fingerprint density at radius 1 is 0.964 bits per heavy atom. The highest BCUT2D eigenvalue weighted by atomic mass is 79.9. The summed E-state index contributed by atoms with van der Waals surface area (Å²) in [5.74, 6) is 1.35. The number of halogens is 1. The minimum absolute atomic E-state index is 0.454. The van der Waals surface area contributed by atoms with Crippen molar-refractivity contribution in [1.29, 1.82) is 5.26 Å². The van der Waals surface area contributed by atoms with Gasteiger partial charge in [0.05, 0.1) is 18.2 Å². The zero-order valence-corrected chi connectivity index (χ0v) is 17.1. The van der Waals surface area contributed by atoms with E-state index in [0.717, 1.165) is 21.2 Å². The maximum absolute atomic E-state index is 9.52. The number of allylic oxidation sites excluding steroid dienone is 1. The molecule has 0 aliphatic carbocycles. The summed E-state index contributed by atoms with van der Waals surface area (Å²) in [6, 6.07) is 25.6. The Bertz CT molecular complexity index is 989. The summed E-state index contributed by atoms with van der Waals surface area (Å²) in [6.45, 7) is 2.92. The lowest BCUT2D eigenvalue weighted by Gasteiger charge is -2.13. The molecule has 0 radical (unpaired) electrons. The molecule has 0 heterocycles. The topological polar surface area (TPSA) is 42.2 Å². The lowest BCUT2D eigenvalue weighted by atomic mass is 10.0. The van der Waals surface area contributed by atoms with E-state index >= 15 is 0 Å². The van der Waals surface area contributed by atoms with Gasteiger partial charge in [-0.2, -0.15) is 5.26 Å². The Morgan fingerprint density at radius 3 is 2.39 bits per heavy atom. The molecule has 0 aliphatic rings. The van der Waals surface area contributed by atoms with E-state index < -0.39 is 0 Å². The van der Waals surface area contributed by atoms with Crippen molar-refractivity contribution in [3.63, 3.8) is 0 Å². The van der Waals surface area contributed by atoms with Gasteiger partial charge in [0.1, 0.15) is 6.61 Å². The molecule has 3 aromatic carbocycles. The van der Waals surface area contributed by atoms with E-state index in [2.05, 4.69) is 22.0 Å². The number of nitriles is 1. The summed E-state index contributed by atoms with van der Waals surface area (Å²) in [5.41, 5.74) is 3.45. The maximum Gasteiger partial charge on any atom is 0.161 e. The van der Waals surface area contributed by atoms with Gasteiger partial charge in [-0.05, 0) is 54.0 Å². The van der Waals surface area contributed by atoms with E-state index in [1.54, 1.807) is 0 Å². The predicted octanol–water partition coefficient (Wildman–Crippen LogP) is 6.49. The molecule has 4 heteroatoms. The lowest BCUT2D eigenvalue weighted by Crippen LogP contribution is -2.00. The van der Waals surface area contributed by atoms with Gasteiger partial charge in [-0.25, -0.2) is 0 Å². The van der Waals surface area contributed by atoms with Crippen molar-refractivity contribution >= 4 is 27.6 Å². The molecule has 140 valence electrons. The van der Waals surface area contributed by atoms with E-state index in [4.69, 9.17) is 9.47 Å². The molecule has 0 atom stereocenters. The van der Waals surface area contributed by atoms with Crippen molar-refractivity contribution in [3.05, 3.63) is 94.0 Å². The zero-order chi connectivity index (χ0) is 19.8. The van der Waals surface area contributed by atoms with E-state index in [0.29, 0.717) is 30.3 Å². The first-order valence-corrected chi connectivity index (χ1v) is 9.80. The van der Waals surface area contributed by atoms with Gasteiger partial charge in [0, 0.05) is 4.47 Å². The number of rotatable bonds is 7. The SMILES string of the molecule is CCOc1cc(/C=C(/C#N)c2ccccc2)ccc1OCc1ccc(Br)cc1.